The third kappa shape index (κ3) is 4.73. The highest BCUT2D eigenvalue weighted by atomic mass is 32.2. The Bertz CT molecular complexity index is 761. The number of nitrogens with zero attached hydrogens (tertiary/aromatic N) is 1. The molecule has 2 aromatic rings. The van der Waals surface area contributed by atoms with Crippen molar-refractivity contribution in [1.82, 2.24) is 0 Å². The van der Waals surface area contributed by atoms with E-state index in [1.807, 2.05) is 38.1 Å². The molecular weight excluding hydrogens is 346 g/mol. The van der Waals surface area contributed by atoms with Gasteiger partial charge in [0.25, 0.3) is 5.24 Å². The molecule has 0 aliphatic heterocycles. The Labute approximate surface area is 160 Å². The van der Waals surface area contributed by atoms with Crippen molar-refractivity contribution in [3.8, 4) is 11.5 Å². The van der Waals surface area contributed by atoms with Gasteiger partial charge < -0.3 is 14.4 Å². The molecule has 140 valence electrons. The highest BCUT2D eigenvalue weighted by Crippen LogP contribution is 2.32. The lowest BCUT2D eigenvalue weighted by Crippen LogP contribution is -2.23. The van der Waals surface area contributed by atoms with Gasteiger partial charge in [0, 0.05) is 7.05 Å². The van der Waals surface area contributed by atoms with Crippen LogP contribution in [0.4, 0.5) is 10.5 Å². The van der Waals surface area contributed by atoms with Crippen molar-refractivity contribution >= 4 is 22.7 Å². The fourth-order valence-corrected chi connectivity index (χ4v) is 3.15. The Balaban J connectivity index is 2.32. The van der Waals surface area contributed by atoms with Crippen molar-refractivity contribution in [2.75, 3.05) is 24.8 Å². The zero-order chi connectivity index (χ0) is 19.1. The number of benzene rings is 2. The van der Waals surface area contributed by atoms with Crippen LogP contribution >= 0.6 is 11.8 Å². The van der Waals surface area contributed by atoms with Crippen LogP contribution in [-0.2, 0) is 13.0 Å². The van der Waals surface area contributed by atoms with E-state index in [0.29, 0.717) is 13.2 Å². The van der Waals surface area contributed by atoms with Gasteiger partial charge in [0.15, 0.2) is 0 Å². The van der Waals surface area contributed by atoms with Gasteiger partial charge in [-0.25, -0.2) is 0 Å². The van der Waals surface area contributed by atoms with Gasteiger partial charge in [-0.05, 0) is 55.9 Å². The van der Waals surface area contributed by atoms with E-state index < -0.39 is 0 Å². The molecule has 0 N–H and O–H groups in total. The maximum atomic E-state index is 12.1. The van der Waals surface area contributed by atoms with Gasteiger partial charge in [0.1, 0.15) is 18.1 Å². The molecule has 0 radical (unpaired) electrons. The molecule has 0 spiro atoms. The highest BCUT2D eigenvalue weighted by Gasteiger charge is 2.18. The van der Waals surface area contributed by atoms with E-state index in [-0.39, 0.29) is 5.24 Å². The quantitative estimate of drug-likeness (QED) is 0.646. The van der Waals surface area contributed by atoms with Gasteiger partial charge in [-0.1, -0.05) is 36.9 Å². The minimum absolute atomic E-state index is 0.0247. The van der Waals surface area contributed by atoms with Crippen LogP contribution in [0.15, 0.2) is 36.4 Å². The predicted octanol–water partition coefficient (Wildman–Crippen LogP) is 5.45. The topological polar surface area (TPSA) is 38.8 Å². The second-order valence-electron chi connectivity index (χ2n) is 5.96. The molecule has 0 fully saturated rings. The van der Waals surface area contributed by atoms with Crippen LogP contribution in [-0.4, -0.2) is 25.1 Å². The van der Waals surface area contributed by atoms with E-state index in [1.165, 1.54) is 17.3 Å². The Morgan fingerprint density at radius 2 is 1.88 bits per heavy atom. The first-order valence-electron chi connectivity index (χ1n) is 8.80. The number of hydrogen-bond donors (Lipinski definition) is 0. The summed E-state index contributed by atoms with van der Waals surface area (Å²) in [6.07, 6.45) is 2.78. The number of carbonyl (C=O) groups is 1. The van der Waals surface area contributed by atoms with Crippen LogP contribution in [0, 0.1) is 6.92 Å². The van der Waals surface area contributed by atoms with E-state index in [2.05, 4.69) is 19.1 Å². The monoisotopic (exact) mass is 373 g/mol. The third-order valence-corrected chi connectivity index (χ3v) is 4.86. The molecule has 0 atom stereocenters. The Kier molecular flexibility index (Phi) is 7.39. The molecule has 1 amide bonds. The number of carbonyl (C=O) groups excluding carboxylic acids is 1. The van der Waals surface area contributed by atoms with E-state index in [9.17, 15) is 4.79 Å². The molecule has 2 aromatic carbocycles. The Morgan fingerprint density at radius 3 is 2.50 bits per heavy atom. The lowest BCUT2D eigenvalue weighted by molar-refractivity contribution is 0.265. The molecular formula is C21H27NO3S. The van der Waals surface area contributed by atoms with Gasteiger partial charge in [0.2, 0.25) is 0 Å². The van der Waals surface area contributed by atoms with E-state index in [4.69, 9.17) is 9.47 Å². The van der Waals surface area contributed by atoms with E-state index >= 15 is 0 Å². The lowest BCUT2D eigenvalue weighted by Gasteiger charge is -2.22. The molecule has 0 bridgehead atoms. The first-order chi connectivity index (χ1) is 12.5. The van der Waals surface area contributed by atoms with Crippen molar-refractivity contribution in [3.05, 3.63) is 53.1 Å². The summed E-state index contributed by atoms with van der Waals surface area (Å²) in [6.45, 7) is 7.03. The highest BCUT2D eigenvalue weighted by molar-refractivity contribution is 8.13. The minimum Gasteiger partial charge on any atom is -0.493 e. The van der Waals surface area contributed by atoms with Crippen molar-refractivity contribution in [1.29, 1.82) is 0 Å². The summed E-state index contributed by atoms with van der Waals surface area (Å²) in [7, 11) is 1.77. The summed E-state index contributed by atoms with van der Waals surface area (Å²) in [6, 6.07) is 12.0. The third-order valence-electron chi connectivity index (χ3n) is 4.24. The summed E-state index contributed by atoms with van der Waals surface area (Å²) < 4.78 is 11.9. The van der Waals surface area contributed by atoms with Crippen molar-refractivity contribution in [2.45, 2.75) is 33.8 Å². The number of anilines is 1. The fraction of sp³-hybridized carbons (Fsp3) is 0.381. The van der Waals surface area contributed by atoms with E-state index in [1.54, 1.807) is 18.2 Å². The summed E-state index contributed by atoms with van der Waals surface area (Å²) in [5.41, 5.74) is 4.07. The van der Waals surface area contributed by atoms with E-state index in [0.717, 1.165) is 34.7 Å². The number of ether oxygens (including phenoxy) is 2. The molecule has 5 heteroatoms. The normalized spacial score (nSPS) is 10.5. The maximum Gasteiger partial charge on any atom is 0.285 e. The van der Waals surface area contributed by atoms with Gasteiger partial charge in [-0.2, -0.15) is 0 Å². The van der Waals surface area contributed by atoms with Crippen LogP contribution < -0.4 is 14.4 Å². The maximum absolute atomic E-state index is 12.1. The number of aryl methyl sites for hydroxylation is 2. The summed E-state index contributed by atoms with van der Waals surface area (Å²) >= 11 is 1.18. The van der Waals surface area contributed by atoms with Gasteiger partial charge in [-0.15, -0.1) is 0 Å². The first-order valence-corrected chi connectivity index (χ1v) is 10.0. The van der Waals surface area contributed by atoms with Crippen molar-refractivity contribution in [3.63, 3.8) is 0 Å². The smallest absolute Gasteiger partial charge is 0.285 e. The van der Waals surface area contributed by atoms with Crippen LogP contribution in [0.3, 0.4) is 0 Å². The van der Waals surface area contributed by atoms with Crippen molar-refractivity contribution in [2.24, 2.45) is 0 Å². The summed E-state index contributed by atoms with van der Waals surface area (Å²) in [4.78, 5) is 13.8. The van der Waals surface area contributed by atoms with Gasteiger partial charge in [-0.3, -0.25) is 4.79 Å². The molecule has 26 heavy (non-hydrogen) atoms. The van der Waals surface area contributed by atoms with Gasteiger partial charge >= 0.3 is 0 Å². The molecule has 2 rings (SSSR count). The second-order valence-corrected chi connectivity index (χ2v) is 6.72. The fourth-order valence-electron chi connectivity index (χ4n) is 2.78. The standard InChI is InChI=1S/C21H27NO3S/c1-6-16-11-12-19(15(3)13-16)25-14-17-18(22(4)21(23)26-5)9-8-10-20(17)24-7-2/h8-13H,6-7,14H2,1-5H3. The zero-order valence-electron chi connectivity index (χ0n) is 16.2. The average molecular weight is 374 g/mol. The Morgan fingerprint density at radius 1 is 1.12 bits per heavy atom. The molecule has 4 nitrogen and oxygen atoms in total. The largest absolute Gasteiger partial charge is 0.493 e. The average Bonchev–Trinajstić information content (AvgIpc) is 2.66. The number of amides is 1. The number of rotatable bonds is 7. The molecule has 0 aromatic heterocycles. The molecule has 0 saturated heterocycles. The minimum atomic E-state index is -0.0247. The van der Waals surface area contributed by atoms with Gasteiger partial charge in [0.05, 0.1) is 17.9 Å². The van der Waals surface area contributed by atoms with Crippen molar-refractivity contribution < 1.29 is 14.3 Å². The summed E-state index contributed by atoms with van der Waals surface area (Å²) in [5.74, 6) is 1.59. The van der Waals surface area contributed by atoms with Crippen LogP contribution in [0.1, 0.15) is 30.5 Å². The number of thioether (sulfide) groups is 1. The van der Waals surface area contributed by atoms with Crippen LogP contribution in [0.5, 0.6) is 11.5 Å². The molecule has 0 aliphatic carbocycles. The predicted molar refractivity (Wildman–Crippen MR) is 110 cm³/mol. The van der Waals surface area contributed by atoms with Crippen LogP contribution in [0.25, 0.3) is 0 Å². The zero-order valence-corrected chi connectivity index (χ0v) is 17.0. The molecule has 0 saturated carbocycles. The molecule has 0 unspecified atom stereocenters. The lowest BCUT2D eigenvalue weighted by atomic mass is 10.1. The first kappa shape index (κ1) is 20.2. The Hall–Kier alpha value is -2.14. The molecule has 0 aliphatic rings. The number of hydrogen-bond acceptors (Lipinski definition) is 4. The molecule has 0 heterocycles. The second kappa shape index (κ2) is 9.53. The SMILES string of the molecule is CCOc1cccc(N(C)C(=O)SC)c1COc1ccc(CC)cc1C. The van der Waals surface area contributed by atoms with Crippen LogP contribution in [0.2, 0.25) is 0 Å². The summed E-state index contributed by atoms with van der Waals surface area (Å²) in [5, 5.41) is -0.0247.